The van der Waals surface area contributed by atoms with Gasteiger partial charge in [0.25, 0.3) is 0 Å². The molecule has 1 heterocycles. The second-order valence-electron chi connectivity index (χ2n) is 3.95. The van der Waals surface area contributed by atoms with Crippen LogP contribution in [0, 0.1) is 0 Å². The molecule has 0 atom stereocenters. The van der Waals surface area contributed by atoms with Crippen molar-refractivity contribution in [3.63, 3.8) is 0 Å². The van der Waals surface area contributed by atoms with Gasteiger partial charge in [-0.2, -0.15) is 0 Å². The van der Waals surface area contributed by atoms with E-state index in [1.54, 1.807) is 20.1 Å². The number of methoxy groups -OCH3 is 1. The Bertz CT molecular complexity index is 658. The molecule has 5 heteroatoms. The average molecular weight is 290 g/mol. The van der Waals surface area contributed by atoms with Crippen LogP contribution >= 0.6 is 11.3 Å². The summed E-state index contributed by atoms with van der Waals surface area (Å²) in [7, 11) is 1.60. The molecule has 0 aliphatic heterocycles. The van der Waals surface area contributed by atoms with E-state index in [1.165, 1.54) is 6.07 Å². The number of hydrogen-bond acceptors (Lipinski definition) is 5. The van der Waals surface area contributed by atoms with E-state index >= 15 is 0 Å². The Labute approximate surface area is 120 Å². The second-order valence-corrected chi connectivity index (χ2v) is 4.96. The molecule has 0 aliphatic rings. The highest BCUT2D eigenvalue weighted by Gasteiger charge is 2.12. The van der Waals surface area contributed by atoms with E-state index in [0.29, 0.717) is 0 Å². The highest BCUT2D eigenvalue weighted by molar-refractivity contribution is 7.13. The lowest BCUT2D eigenvalue weighted by Gasteiger charge is -2.04. The summed E-state index contributed by atoms with van der Waals surface area (Å²) in [6.07, 6.45) is 0. The molecule has 0 unspecified atom stereocenters. The molecule has 0 amide bonds. The fraction of sp³-hybridized carbons (Fsp3) is 0.200. The highest BCUT2D eigenvalue weighted by Crippen LogP contribution is 2.24. The standard InChI is InChI=1S/C15H14O4S/c1-3-19-14(16)12-8-9-13(20-15(12)17)10-4-6-11(18-2)7-5-10/h4-9H,3H2,1-2H3. The van der Waals surface area contributed by atoms with Crippen LogP contribution in [-0.4, -0.2) is 19.7 Å². The lowest BCUT2D eigenvalue weighted by Crippen LogP contribution is -2.14. The molecule has 20 heavy (non-hydrogen) atoms. The minimum absolute atomic E-state index is 0.0779. The summed E-state index contributed by atoms with van der Waals surface area (Å²) in [6, 6.07) is 10.6. The Balaban J connectivity index is 2.32. The number of benzene rings is 1. The van der Waals surface area contributed by atoms with Crippen LogP contribution < -0.4 is 9.48 Å². The normalized spacial score (nSPS) is 10.1. The molecule has 4 nitrogen and oxygen atoms in total. The van der Waals surface area contributed by atoms with Gasteiger partial charge in [0.1, 0.15) is 11.3 Å². The lowest BCUT2D eigenvalue weighted by atomic mass is 10.2. The van der Waals surface area contributed by atoms with Crippen LogP contribution in [0.3, 0.4) is 0 Å². The largest absolute Gasteiger partial charge is 0.497 e. The molecule has 0 saturated heterocycles. The monoisotopic (exact) mass is 290 g/mol. The molecule has 2 rings (SSSR count). The molecule has 1 aromatic carbocycles. The van der Waals surface area contributed by atoms with Crippen molar-refractivity contribution >= 4 is 17.3 Å². The number of ether oxygens (including phenoxy) is 2. The van der Waals surface area contributed by atoms with Crippen LogP contribution in [0.2, 0.25) is 0 Å². The molecule has 104 valence electrons. The maximum absolute atomic E-state index is 11.9. The first-order valence-corrected chi connectivity index (χ1v) is 6.93. The second kappa shape index (κ2) is 6.34. The molecular formula is C15H14O4S. The van der Waals surface area contributed by atoms with Crippen molar-refractivity contribution in [2.45, 2.75) is 6.92 Å². The Hall–Kier alpha value is -2.14. The van der Waals surface area contributed by atoms with Crippen molar-refractivity contribution in [3.05, 3.63) is 51.5 Å². The third-order valence-electron chi connectivity index (χ3n) is 2.69. The molecule has 2 aromatic rings. The summed E-state index contributed by atoms with van der Waals surface area (Å²) in [6.45, 7) is 1.96. The molecule has 0 N–H and O–H groups in total. The molecule has 0 bridgehead atoms. The molecule has 0 spiro atoms. The van der Waals surface area contributed by atoms with Gasteiger partial charge in [-0.15, -0.1) is 0 Å². The van der Waals surface area contributed by atoms with Crippen LogP contribution in [0.5, 0.6) is 5.75 Å². The maximum atomic E-state index is 11.9. The Morgan fingerprint density at radius 3 is 2.40 bits per heavy atom. The van der Waals surface area contributed by atoms with Crippen molar-refractivity contribution < 1.29 is 14.3 Å². The van der Waals surface area contributed by atoms with Gasteiger partial charge in [-0.3, -0.25) is 4.79 Å². The number of rotatable bonds is 4. The van der Waals surface area contributed by atoms with Gasteiger partial charge in [0.15, 0.2) is 0 Å². The SMILES string of the molecule is CCOC(=O)c1ccc(-c2ccc(OC)cc2)sc1=O. The minimum Gasteiger partial charge on any atom is -0.497 e. The Morgan fingerprint density at radius 2 is 1.85 bits per heavy atom. The van der Waals surface area contributed by atoms with Crippen molar-refractivity contribution in [1.29, 1.82) is 0 Å². The van der Waals surface area contributed by atoms with Crippen molar-refractivity contribution in [2.24, 2.45) is 0 Å². The van der Waals surface area contributed by atoms with Crippen molar-refractivity contribution in [1.82, 2.24) is 0 Å². The van der Waals surface area contributed by atoms with Crippen LogP contribution in [0.25, 0.3) is 10.4 Å². The molecule has 0 aliphatic carbocycles. The summed E-state index contributed by atoms with van der Waals surface area (Å²) in [4.78, 5) is 24.3. The summed E-state index contributed by atoms with van der Waals surface area (Å²) < 4.78 is 9.63. The van der Waals surface area contributed by atoms with Crippen LogP contribution in [0.1, 0.15) is 17.3 Å². The fourth-order valence-corrected chi connectivity index (χ4v) is 2.54. The average Bonchev–Trinajstić information content (AvgIpc) is 2.47. The van der Waals surface area contributed by atoms with Gasteiger partial charge in [-0.1, -0.05) is 11.3 Å². The van der Waals surface area contributed by atoms with Crippen molar-refractivity contribution in [2.75, 3.05) is 13.7 Å². The summed E-state index contributed by atoms with van der Waals surface area (Å²) in [5.74, 6) is 0.180. The zero-order valence-corrected chi connectivity index (χ0v) is 12.0. The van der Waals surface area contributed by atoms with Gasteiger partial charge in [0.05, 0.1) is 13.7 Å². The molecule has 0 radical (unpaired) electrons. The first-order valence-electron chi connectivity index (χ1n) is 6.11. The smallest absolute Gasteiger partial charge is 0.343 e. The quantitative estimate of drug-likeness (QED) is 0.812. The van der Waals surface area contributed by atoms with Gasteiger partial charge in [-0.25, -0.2) is 4.79 Å². The van der Waals surface area contributed by atoms with E-state index in [9.17, 15) is 9.59 Å². The maximum Gasteiger partial charge on any atom is 0.343 e. The predicted molar refractivity (Wildman–Crippen MR) is 78.5 cm³/mol. The topological polar surface area (TPSA) is 52.6 Å². The summed E-state index contributed by atoms with van der Waals surface area (Å²) in [5.41, 5.74) is 0.984. The van der Waals surface area contributed by atoms with E-state index < -0.39 is 5.97 Å². The molecule has 0 fully saturated rings. The zero-order chi connectivity index (χ0) is 14.5. The third-order valence-corrected chi connectivity index (χ3v) is 3.69. The minimum atomic E-state index is -0.574. The van der Waals surface area contributed by atoms with Gasteiger partial charge in [0, 0.05) is 4.88 Å². The Morgan fingerprint density at radius 1 is 1.15 bits per heavy atom. The zero-order valence-electron chi connectivity index (χ0n) is 11.2. The van der Waals surface area contributed by atoms with E-state index in [4.69, 9.17) is 9.47 Å². The van der Waals surface area contributed by atoms with Crippen LogP contribution in [0.15, 0.2) is 41.2 Å². The fourth-order valence-electron chi connectivity index (χ4n) is 1.69. The van der Waals surface area contributed by atoms with E-state index in [-0.39, 0.29) is 16.9 Å². The summed E-state index contributed by atoms with van der Waals surface area (Å²) in [5, 5.41) is 0. The van der Waals surface area contributed by atoms with Gasteiger partial charge in [-0.05, 0) is 48.9 Å². The van der Waals surface area contributed by atoms with Crippen LogP contribution in [-0.2, 0) is 4.74 Å². The van der Waals surface area contributed by atoms with Crippen LogP contribution in [0.4, 0.5) is 0 Å². The van der Waals surface area contributed by atoms with E-state index in [2.05, 4.69) is 0 Å². The van der Waals surface area contributed by atoms with E-state index in [1.807, 2.05) is 24.3 Å². The molecule has 0 saturated carbocycles. The number of hydrogen-bond donors (Lipinski definition) is 0. The highest BCUT2D eigenvalue weighted by atomic mass is 32.1. The molecule has 1 aromatic heterocycles. The first-order chi connectivity index (χ1) is 9.65. The lowest BCUT2D eigenvalue weighted by molar-refractivity contribution is 0.0525. The van der Waals surface area contributed by atoms with Gasteiger partial charge >= 0.3 is 5.97 Å². The number of esters is 1. The number of carbonyl (C=O) groups excluding carboxylic acids is 1. The number of carbonyl (C=O) groups is 1. The first kappa shape index (κ1) is 14.3. The Kier molecular flexibility index (Phi) is 4.53. The molecular weight excluding hydrogens is 276 g/mol. The third kappa shape index (κ3) is 3.05. The van der Waals surface area contributed by atoms with E-state index in [0.717, 1.165) is 27.5 Å². The van der Waals surface area contributed by atoms with Gasteiger partial charge in [0.2, 0.25) is 4.74 Å². The van der Waals surface area contributed by atoms with Crippen molar-refractivity contribution in [3.8, 4) is 16.2 Å². The van der Waals surface area contributed by atoms with Gasteiger partial charge < -0.3 is 9.47 Å². The predicted octanol–water partition coefficient (Wildman–Crippen LogP) is 2.96. The summed E-state index contributed by atoms with van der Waals surface area (Å²) >= 11 is 1.03.